The third-order valence-corrected chi connectivity index (χ3v) is 4.38. The van der Waals surface area contributed by atoms with Crippen molar-refractivity contribution in [3.63, 3.8) is 0 Å². The molecule has 0 spiro atoms. The van der Waals surface area contributed by atoms with Gasteiger partial charge in [0.2, 0.25) is 5.76 Å². The zero-order chi connectivity index (χ0) is 14.1. The molecule has 4 nitrogen and oxygen atoms in total. The van der Waals surface area contributed by atoms with Crippen molar-refractivity contribution in [1.82, 2.24) is 0 Å². The van der Waals surface area contributed by atoms with Crippen LogP contribution >= 0.6 is 27.3 Å². The smallest absolute Gasteiger partial charge is 0.374 e. The number of thiophene rings is 1. The van der Waals surface area contributed by atoms with Crippen molar-refractivity contribution in [3.05, 3.63) is 50.8 Å². The Kier molecular flexibility index (Phi) is 3.50. The van der Waals surface area contributed by atoms with Crippen LogP contribution < -0.4 is 5.73 Å². The van der Waals surface area contributed by atoms with E-state index in [1.807, 2.05) is 11.4 Å². The fourth-order valence-corrected chi connectivity index (χ4v) is 3.16. The van der Waals surface area contributed by atoms with Gasteiger partial charge in [0.15, 0.2) is 0 Å². The fourth-order valence-electron chi connectivity index (χ4n) is 1.80. The van der Waals surface area contributed by atoms with Crippen LogP contribution in [0.25, 0.3) is 11.0 Å². The van der Waals surface area contributed by atoms with Crippen LogP contribution in [0.2, 0.25) is 0 Å². The molecule has 1 aromatic carbocycles. The third-order valence-electron chi connectivity index (χ3n) is 2.71. The lowest BCUT2D eigenvalue weighted by Crippen LogP contribution is -2.02. The molecule has 0 aliphatic rings. The molecule has 0 radical (unpaired) electrons. The van der Waals surface area contributed by atoms with Crippen LogP contribution in [0.5, 0.6) is 0 Å². The van der Waals surface area contributed by atoms with Crippen LogP contribution in [0.1, 0.15) is 15.4 Å². The van der Waals surface area contributed by atoms with Crippen molar-refractivity contribution in [2.24, 2.45) is 0 Å². The number of fused-ring (bicyclic) bond motifs is 1. The Labute approximate surface area is 127 Å². The summed E-state index contributed by atoms with van der Waals surface area (Å²) in [5.41, 5.74) is 6.93. The van der Waals surface area contributed by atoms with Gasteiger partial charge in [-0.25, -0.2) is 4.79 Å². The molecule has 0 unspecified atom stereocenters. The Morgan fingerprint density at radius 3 is 2.95 bits per heavy atom. The second kappa shape index (κ2) is 5.30. The predicted octanol–water partition coefficient (Wildman–Crippen LogP) is 4.20. The van der Waals surface area contributed by atoms with Gasteiger partial charge >= 0.3 is 5.97 Å². The highest BCUT2D eigenvalue weighted by molar-refractivity contribution is 9.10. The van der Waals surface area contributed by atoms with Crippen molar-refractivity contribution < 1.29 is 13.9 Å². The van der Waals surface area contributed by atoms with Crippen molar-refractivity contribution >= 4 is 49.9 Å². The fraction of sp³-hybridized carbons (Fsp3) is 0.0714. The first-order valence-electron chi connectivity index (χ1n) is 5.81. The lowest BCUT2D eigenvalue weighted by atomic mass is 10.2. The molecule has 0 bridgehead atoms. The van der Waals surface area contributed by atoms with E-state index in [1.54, 1.807) is 24.3 Å². The number of carbonyl (C=O) groups excluding carboxylic acids is 1. The van der Waals surface area contributed by atoms with Gasteiger partial charge < -0.3 is 14.9 Å². The normalized spacial score (nSPS) is 10.8. The lowest BCUT2D eigenvalue weighted by Gasteiger charge is -1.99. The molecule has 2 aromatic heterocycles. The molecular formula is C14H10BrNO3S. The van der Waals surface area contributed by atoms with Crippen LogP contribution in [-0.4, -0.2) is 5.97 Å². The van der Waals surface area contributed by atoms with Crippen molar-refractivity contribution in [1.29, 1.82) is 0 Å². The molecule has 102 valence electrons. The number of nitrogen functional groups attached to an aromatic ring is 1. The maximum absolute atomic E-state index is 11.9. The summed E-state index contributed by atoms with van der Waals surface area (Å²) in [7, 11) is 0. The van der Waals surface area contributed by atoms with Gasteiger partial charge in [0.05, 0.1) is 0 Å². The van der Waals surface area contributed by atoms with Crippen LogP contribution in [-0.2, 0) is 11.3 Å². The van der Waals surface area contributed by atoms with Gasteiger partial charge in [-0.2, -0.15) is 0 Å². The summed E-state index contributed by atoms with van der Waals surface area (Å²) in [6.07, 6.45) is 0. The van der Waals surface area contributed by atoms with Crippen LogP contribution in [0, 0.1) is 0 Å². The Hall–Kier alpha value is -1.79. The molecule has 20 heavy (non-hydrogen) atoms. The Balaban J connectivity index is 1.75. The predicted molar refractivity (Wildman–Crippen MR) is 81.8 cm³/mol. The third kappa shape index (κ3) is 2.71. The molecule has 2 heterocycles. The number of carbonyl (C=O) groups is 1. The van der Waals surface area contributed by atoms with Gasteiger partial charge in [-0.3, -0.25) is 0 Å². The minimum atomic E-state index is -0.482. The van der Waals surface area contributed by atoms with E-state index in [1.165, 1.54) is 11.3 Å². The summed E-state index contributed by atoms with van der Waals surface area (Å²) in [6, 6.07) is 8.77. The summed E-state index contributed by atoms with van der Waals surface area (Å²) in [4.78, 5) is 12.9. The molecule has 0 saturated carbocycles. The molecule has 2 N–H and O–H groups in total. The van der Waals surface area contributed by atoms with E-state index in [2.05, 4.69) is 15.9 Å². The highest BCUT2D eigenvalue weighted by atomic mass is 79.9. The SMILES string of the molecule is Nc1ccc2oc(C(=O)OCc3cc(Br)cs3)cc2c1. The molecule has 0 amide bonds. The van der Waals surface area contributed by atoms with Gasteiger partial charge in [0, 0.05) is 25.8 Å². The monoisotopic (exact) mass is 351 g/mol. The maximum atomic E-state index is 11.9. The average molecular weight is 352 g/mol. The number of esters is 1. The zero-order valence-electron chi connectivity index (χ0n) is 10.3. The van der Waals surface area contributed by atoms with Gasteiger partial charge in [0.25, 0.3) is 0 Å². The van der Waals surface area contributed by atoms with Gasteiger partial charge in [-0.05, 0) is 46.3 Å². The minimum Gasteiger partial charge on any atom is -0.454 e. The standard InChI is InChI=1S/C14H10BrNO3S/c15-9-5-11(20-7-9)6-18-14(17)13-4-8-3-10(16)1-2-12(8)19-13/h1-5,7H,6,16H2. The minimum absolute atomic E-state index is 0.182. The number of furan rings is 1. The highest BCUT2D eigenvalue weighted by Gasteiger charge is 2.14. The Bertz CT molecular complexity index is 778. The van der Waals surface area contributed by atoms with E-state index in [4.69, 9.17) is 14.9 Å². The first-order chi connectivity index (χ1) is 9.61. The molecule has 3 aromatic rings. The van der Waals surface area contributed by atoms with Gasteiger partial charge in [0.1, 0.15) is 12.2 Å². The number of hydrogen-bond acceptors (Lipinski definition) is 5. The second-order valence-corrected chi connectivity index (χ2v) is 6.13. The summed E-state index contributed by atoms with van der Waals surface area (Å²) in [6.45, 7) is 0.230. The number of halogens is 1. The molecule has 0 saturated heterocycles. The summed E-state index contributed by atoms with van der Waals surface area (Å²) < 4.78 is 11.6. The number of hydrogen-bond donors (Lipinski definition) is 1. The summed E-state index contributed by atoms with van der Waals surface area (Å²) >= 11 is 4.88. The average Bonchev–Trinajstić information content (AvgIpc) is 3.01. The molecule has 3 rings (SSSR count). The van der Waals surface area contributed by atoms with E-state index in [0.29, 0.717) is 11.3 Å². The molecular weight excluding hydrogens is 342 g/mol. The highest BCUT2D eigenvalue weighted by Crippen LogP contribution is 2.24. The number of ether oxygens (including phenoxy) is 1. The quantitative estimate of drug-likeness (QED) is 0.567. The van der Waals surface area contributed by atoms with E-state index >= 15 is 0 Å². The summed E-state index contributed by atoms with van der Waals surface area (Å²) in [5.74, 6) is -0.300. The van der Waals surface area contributed by atoms with E-state index in [-0.39, 0.29) is 12.4 Å². The maximum Gasteiger partial charge on any atom is 0.374 e. The first-order valence-corrected chi connectivity index (χ1v) is 7.48. The molecule has 0 atom stereocenters. The number of nitrogens with two attached hydrogens (primary N) is 1. The second-order valence-electron chi connectivity index (χ2n) is 4.22. The van der Waals surface area contributed by atoms with Crippen molar-refractivity contribution in [3.8, 4) is 0 Å². The lowest BCUT2D eigenvalue weighted by molar-refractivity contribution is 0.0443. The number of anilines is 1. The van der Waals surface area contributed by atoms with Crippen molar-refractivity contribution in [2.75, 3.05) is 5.73 Å². The topological polar surface area (TPSA) is 65.5 Å². The number of rotatable bonds is 3. The van der Waals surface area contributed by atoms with E-state index in [9.17, 15) is 4.79 Å². The molecule has 6 heteroatoms. The van der Waals surface area contributed by atoms with Crippen LogP contribution in [0.4, 0.5) is 5.69 Å². The van der Waals surface area contributed by atoms with Crippen molar-refractivity contribution in [2.45, 2.75) is 6.61 Å². The first kappa shape index (κ1) is 13.2. The van der Waals surface area contributed by atoms with Crippen LogP contribution in [0.3, 0.4) is 0 Å². The van der Waals surface area contributed by atoms with Gasteiger partial charge in [-0.15, -0.1) is 11.3 Å². The summed E-state index contributed by atoms with van der Waals surface area (Å²) in [5, 5.41) is 2.73. The van der Waals surface area contributed by atoms with E-state index < -0.39 is 5.97 Å². The number of benzene rings is 1. The Morgan fingerprint density at radius 1 is 1.35 bits per heavy atom. The van der Waals surface area contributed by atoms with E-state index in [0.717, 1.165) is 14.7 Å². The largest absolute Gasteiger partial charge is 0.454 e. The zero-order valence-corrected chi connectivity index (χ0v) is 12.7. The molecule has 0 aliphatic heterocycles. The van der Waals surface area contributed by atoms with Gasteiger partial charge in [-0.1, -0.05) is 0 Å². The molecule has 0 aliphatic carbocycles. The molecule has 0 fully saturated rings. The Morgan fingerprint density at radius 2 is 2.20 bits per heavy atom. The van der Waals surface area contributed by atoms with Crippen LogP contribution in [0.15, 0.2) is 44.6 Å².